The van der Waals surface area contributed by atoms with E-state index < -0.39 is 0 Å². The van der Waals surface area contributed by atoms with Crippen LogP contribution in [-0.2, 0) is 11.2 Å². The highest BCUT2D eigenvalue weighted by atomic mass is 35.5. The summed E-state index contributed by atoms with van der Waals surface area (Å²) in [5.41, 5.74) is 1.02. The van der Waals surface area contributed by atoms with Gasteiger partial charge in [-0.3, -0.25) is 0 Å². The van der Waals surface area contributed by atoms with Gasteiger partial charge in [0.25, 0.3) is 0 Å². The molecule has 1 aromatic rings. The Labute approximate surface area is 108 Å². The van der Waals surface area contributed by atoms with Crippen LogP contribution in [0, 0.1) is 0 Å². The summed E-state index contributed by atoms with van der Waals surface area (Å²) in [6.07, 6.45) is 0.903. The van der Waals surface area contributed by atoms with Gasteiger partial charge in [0.2, 0.25) is 0 Å². The third-order valence-corrected chi connectivity index (χ3v) is 3.32. The smallest absolute Gasteiger partial charge is 0.0826 e. The number of nitrogens with one attached hydrogen (secondary N) is 1. The molecule has 1 aromatic carbocycles. The summed E-state index contributed by atoms with van der Waals surface area (Å²) in [6, 6.07) is 8.00. The normalized spacial score (nSPS) is 28.0. The molecule has 1 aliphatic rings. The van der Waals surface area contributed by atoms with Crippen LogP contribution in [0.1, 0.15) is 26.3 Å². The maximum atomic E-state index is 6.20. The predicted molar refractivity (Wildman–Crippen MR) is 71.6 cm³/mol. The van der Waals surface area contributed by atoms with Gasteiger partial charge in [-0.1, -0.05) is 23.7 Å². The number of morpholine rings is 1. The number of ether oxygens (including phenoxy) is 1. The van der Waals surface area contributed by atoms with Crippen LogP contribution in [0.3, 0.4) is 0 Å². The Bertz CT molecular complexity index is 388. The second-order valence-corrected chi connectivity index (χ2v) is 6.15. The van der Waals surface area contributed by atoms with Gasteiger partial charge in [0.15, 0.2) is 0 Å². The van der Waals surface area contributed by atoms with Gasteiger partial charge in [-0.2, -0.15) is 0 Å². The van der Waals surface area contributed by atoms with E-state index in [1.165, 1.54) is 5.56 Å². The van der Waals surface area contributed by atoms with E-state index in [0.29, 0.717) is 0 Å². The van der Waals surface area contributed by atoms with Crippen LogP contribution in [0.2, 0.25) is 5.02 Å². The van der Waals surface area contributed by atoms with Crippen LogP contribution >= 0.6 is 11.6 Å². The van der Waals surface area contributed by atoms with Crippen LogP contribution in [-0.4, -0.2) is 24.3 Å². The maximum Gasteiger partial charge on any atom is 0.0826 e. The van der Waals surface area contributed by atoms with Gasteiger partial charge in [0.1, 0.15) is 0 Å². The lowest BCUT2D eigenvalue weighted by Crippen LogP contribution is -2.57. The van der Waals surface area contributed by atoms with Gasteiger partial charge in [0.05, 0.1) is 11.2 Å². The molecule has 1 aliphatic heterocycles. The van der Waals surface area contributed by atoms with E-state index in [1.54, 1.807) is 0 Å². The molecule has 1 fully saturated rings. The number of benzene rings is 1. The molecule has 1 N–H and O–H groups in total. The fraction of sp³-hybridized carbons (Fsp3) is 0.571. The van der Waals surface area contributed by atoms with Crippen molar-refractivity contribution in [2.45, 2.75) is 38.4 Å². The third kappa shape index (κ3) is 3.44. The number of hydrogen-bond acceptors (Lipinski definition) is 2. The Morgan fingerprint density at radius 1 is 1.18 bits per heavy atom. The zero-order chi connectivity index (χ0) is 12.5. The zero-order valence-corrected chi connectivity index (χ0v) is 11.5. The summed E-state index contributed by atoms with van der Waals surface area (Å²) < 4.78 is 6.20. The molecule has 0 spiro atoms. The van der Waals surface area contributed by atoms with E-state index in [1.807, 2.05) is 12.1 Å². The summed E-state index contributed by atoms with van der Waals surface area (Å²) in [6.45, 7) is 8.20. The minimum Gasteiger partial charge on any atom is -0.366 e. The maximum absolute atomic E-state index is 6.20. The largest absolute Gasteiger partial charge is 0.366 e. The first-order valence-corrected chi connectivity index (χ1v) is 6.42. The molecular formula is C14H20ClNO. The Hall–Kier alpha value is -0.570. The summed E-state index contributed by atoms with van der Waals surface area (Å²) >= 11 is 5.89. The summed E-state index contributed by atoms with van der Waals surface area (Å²) in [5, 5.41) is 4.23. The fourth-order valence-corrected chi connectivity index (χ4v) is 2.63. The van der Waals surface area contributed by atoms with Crippen molar-refractivity contribution in [1.82, 2.24) is 5.32 Å². The second-order valence-electron chi connectivity index (χ2n) is 5.72. The van der Waals surface area contributed by atoms with Crippen molar-refractivity contribution in [2.75, 3.05) is 13.1 Å². The average molecular weight is 254 g/mol. The molecule has 1 atom stereocenters. The predicted octanol–water partition coefficient (Wildman–Crippen LogP) is 3.04. The highest BCUT2D eigenvalue weighted by molar-refractivity contribution is 6.30. The summed E-state index contributed by atoms with van der Waals surface area (Å²) in [4.78, 5) is 0. The van der Waals surface area contributed by atoms with Crippen molar-refractivity contribution >= 4 is 11.6 Å². The van der Waals surface area contributed by atoms with E-state index in [0.717, 1.165) is 24.5 Å². The first-order valence-electron chi connectivity index (χ1n) is 6.04. The van der Waals surface area contributed by atoms with Gasteiger partial charge in [0, 0.05) is 24.5 Å². The van der Waals surface area contributed by atoms with Crippen LogP contribution in [0.5, 0.6) is 0 Å². The summed E-state index contributed by atoms with van der Waals surface area (Å²) in [7, 11) is 0. The SMILES string of the molecule is CC1(C)CNCC(C)(Cc2ccc(Cl)cc2)O1. The molecule has 0 saturated carbocycles. The quantitative estimate of drug-likeness (QED) is 0.875. The molecule has 2 rings (SSSR count). The van der Waals surface area contributed by atoms with Crippen molar-refractivity contribution < 1.29 is 4.74 Å². The van der Waals surface area contributed by atoms with Crippen LogP contribution < -0.4 is 5.32 Å². The summed E-state index contributed by atoms with van der Waals surface area (Å²) in [5.74, 6) is 0. The molecule has 1 unspecified atom stereocenters. The van der Waals surface area contributed by atoms with E-state index in [2.05, 4.69) is 38.2 Å². The first-order chi connectivity index (χ1) is 7.89. The molecule has 94 valence electrons. The lowest BCUT2D eigenvalue weighted by Gasteiger charge is -2.44. The molecular weight excluding hydrogens is 234 g/mol. The van der Waals surface area contributed by atoms with Crippen molar-refractivity contribution in [3.63, 3.8) is 0 Å². The topological polar surface area (TPSA) is 21.3 Å². The minimum atomic E-state index is -0.143. The van der Waals surface area contributed by atoms with Crippen molar-refractivity contribution in [3.8, 4) is 0 Å². The van der Waals surface area contributed by atoms with E-state index >= 15 is 0 Å². The molecule has 1 heterocycles. The molecule has 2 nitrogen and oxygen atoms in total. The van der Waals surface area contributed by atoms with Crippen molar-refractivity contribution in [3.05, 3.63) is 34.9 Å². The molecule has 1 saturated heterocycles. The van der Waals surface area contributed by atoms with Gasteiger partial charge in [-0.05, 0) is 38.5 Å². The van der Waals surface area contributed by atoms with Crippen molar-refractivity contribution in [2.24, 2.45) is 0 Å². The van der Waals surface area contributed by atoms with E-state index in [4.69, 9.17) is 16.3 Å². The van der Waals surface area contributed by atoms with Crippen LogP contribution in [0.4, 0.5) is 0 Å². The zero-order valence-electron chi connectivity index (χ0n) is 10.7. The van der Waals surface area contributed by atoms with Crippen molar-refractivity contribution in [1.29, 1.82) is 0 Å². The van der Waals surface area contributed by atoms with Gasteiger partial charge >= 0.3 is 0 Å². The molecule has 0 bridgehead atoms. The fourth-order valence-electron chi connectivity index (χ4n) is 2.50. The standard InChI is InChI=1S/C14H20ClNO/c1-13(2)9-16-10-14(3,17-13)8-11-4-6-12(15)7-5-11/h4-7,16H,8-10H2,1-3H3. The average Bonchev–Trinajstić information content (AvgIpc) is 2.19. The molecule has 3 heteroatoms. The van der Waals surface area contributed by atoms with Crippen LogP contribution in [0.25, 0.3) is 0 Å². The highest BCUT2D eigenvalue weighted by Crippen LogP contribution is 2.27. The lowest BCUT2D eigenvalue weighted by atomic mass is 9.92. The molecule has 0 amide bonds. The Kier molecular flexibility index (Phi) is 3.48. The van der Waals surface area contributed by atoms with E-state index in [9.17, 15) is 0 Å². The molecule has 0 radical (unpaired) electrons. The lowest BCUT2D eigenvalue weighted by molar-refractivity contribution is -0.151. The Balaban J connectivity index is 2.09. The number of halogens is 1. The number of rotatable bonds is 2. The van der Waals surface area contributed by atoms with Gasteiger partial charge in [-0.25, -0.2) is 0 Å². The third-order valence-electron chi connectivity index (χ3n) is 3.06. The Morgan fingerprint density at radius 2 is 1.82 bits per heavy atom. The molecule has 17 heavy (non-hydrogen) atoms. The monoisotopic (exact) mass is 253 g/mol. The van der Waals surface area contributed by atoms with Gasteiger partial charge in [-0.15, -0.1) is 0 Å². The Morgan fingerprint density at radius 3 is 2.41 bits per heavy atom. The molecule has 0 aliphatic carbocycles. The van der Waals surface area contributed by atoms with Crippen LogP contribution in [0.15, 0.2) is 24.3 Å². The van der Waals surface area contributed by atoms with E-state index in [-0.39, 0.29) is 11.2 Å². The second kappa shape index (κ2) is 4.60. The molecule has 0 aromatic heterocycles. The highest BCUT2D eigenvalue weighted by Gasteiger charge is 2.37. The first kappa shape index (κ1) is 12.9. The number of hydrogen-bond donors (Lipinski definition) is 1. The minimum absolute atomic E-state index is 0.0978. The van der Waals surface area contributed by atoms with Gasteiger partial charge < -0.3 is 10.1 Å².